The fourth-order valence-corrected chi connectivity index (χ4v) is 6.88. The van der Waals surface area contributed by atoms with Gasteiger partial charge in [0, 0.05) is 12.8 Å². The fourth-order valence-electron chi connectivity index (χ4n) is 6.16. The predicted molar refractivity (Wildman–Crippen MR) is 227 cm³/mol. The Morgan fingerprint density at radius 2 is 0.982 bits per heavy atom. The van der Waals surface area contributed by atoms with E-state index in [4.69, 9.17) is 18.5 Å². The van der Waals surface area contributed by atoms with E-state index in [0.29, 0.717) is 17.4 Å². The first kappa shape index (κ1) is 53.5. The van der Waals surface area contributed by atoms with Crippen molar-refractivity contribution in [3.05, 3.63) is 24.3 Å². The minimum absolute atomic E-state index is 0.0295. The van der Waals surface area contributed by atoms with Crippen LogP contribution in [-0.4, -0.2) is 70.0 Å². The van der Waals surface area contributed by atoms with Gasteiger partial charge in [0.25, 0.3) is 7.82 Å². The molecule has 0 aromatic heterocycles. The molecule has 0 fully saturated rings. The van der Waals surface area contributed by atoms with E-state index in [2.05, 4.69) is 38.2 Å². The lowest BCUT2D eigenvalue weighted by molar-refractivity contribution is -0.870. The molecule has 0 heterocycles. The number of phosphoric ester groups is 1. The molecule has 2 unspecified atom stereocenters. The van der Waals surface area contributed by atoms with Crippen molar-refractivity contribution in [3.8, 4) is 0 Å². The number of nitrogens with zero attached hydrogens (tertiary/aromatic N) is 1. The number of allylic oxidation sites excluding steroid dienone is 4. The topological polar surface area (TPSA) is 111 Å². The molecule has 0 rings (SSSR count). The summed E-state index contributed by atoms with van der Waals surface area (Å²) in [6.07, 6.45) is 40.8. The Bertz CT molecular complexity index is 996. The molecule has 0 saturated heterocycles. The lowest BCUT2D eigenvalue weighted by atomic mass is 10.0. The lowest BCUT2D eigenvalue weighted by Crippen LogP contribution is -2.37. The largest absolute Gasteiger partial charge is 0.756 e. The Morgan fingerprint density at radius 1 is 0.564 bits per heavy atom. The van der Waals surface area contributed by atoms with Crippen LogP contribution < -0.4 is 4.89 Å². The van der Waals surface area contributed by atoms with Crippen LogP contribution >= 0.6 is 7.82 Å². The zero-order chi connectivity index (χ0) is 40.7. The third-order valence-electron chi connectivity index (χ3n) is 9.72. The molecule has 0 bridgehead atoms. The summed E-state index contributed by atoms with van der Waals surface area (Å²) in [6.45, 7) is 4.19. The lowest BCUT2D eigenvalue weighted by Gasteiger charge is -2.28. The maximum atomic E-state index is 12.7. The number of quaternary nitrogens is 1. The van der Waals surface area contributed by atoms with Crippen LogP contribution in [0.25, 0.3) is 0 Å². The van der Waals surface area contributed by atoms with Crippen LogP contribution in [0.5, 0.6) is 0 Å². The van der Waals surface area contributed by atoms with Crippen molar-refractivity contribution in [1.82, 2.24) is 0 Å². The Labute approximate surface area is 339 Å². The summed E-state index contributed by atoms with van der Waals surface area (Å²) in [5.41, 5.74) is 0. The van der Waals surface area contributed by atoms with Gasteiger partial charge in [-0.15, -0.1) is 0 Å². The second-order valence-corrected chi connectivity index (χ2v) is 17.8. The minimum atomic E-state index is -4.62. The highest BCUT2D eigenvalue weighted by molar-refractivity contribution is 7.45. The third kappa shape index (κ3) is 41.9. The molecule has 0 spiro atoms. The Balaban J connectivity index is 4.18. The molecule has 10 heteroatoms. The van der Waals surface area contributed by atoms with Gasteiger partial charge in [-0.05, 0) is 44.9 Å². The van der Waals surface area contributed by atoms with Gasteiger partial charge in [-0.3, -0.25) is 14.2 Å². The van der Waals surface area contributed by atoms with Crippen molar-refractivity contribution >= 4 is 19.8 Å². The van der Waals surface area contributed by atoms with Gasteiger partial charge < -0.3 is 27.9 Å². The van der Waals surface area contributed by atoms with Gasteiger partial charge in [-0.2, -0.15) is 0 Å². The molecule has 0 amide bonds. The van der Waals surface area contributed by atoms with Crippen molar-refractivity contribution in [2.75, 3.05) is 47.5 Å². The van der Waals surface area contributed by atoms with Crippen LogP contribution in [0, 0.1) is 0 Å². The van der Waals surface area contributed by atoms with E-state index in [1.165, 1.54) is 122 Å². The molecule has 9 nitrogen and oxygen atoms in total. The summed E-state index contributed by atoms with van der Waals surface area (Å²) < 4.78 is 33.8. The number of carbonyl (C=O) groups excluding carboxylic acids is 2. The standard InChI is InChI=1S/C45H86NO8P/c1-6-8-10-12-14-16-17-18-19-20-21-22-23-24-25-26-27-28-29-30-32-34-36-38-45(48)54-43(42-53-55(49,50)52-40-39-46(3,4)5)41-51-44(47)37-35-33-31-15-13-11-9-7-2/h17-18,20-21,43H,6-16,19,22-42H2,1-5H3/b18-17-,21-20-. The average molecular weight is 800 g/mol. The summed E-state index contributed by atoms with van der Waals surface area (Å²) in [6, 6.07) is 0. The van der Waals surface area contributed by atoms with Crippen molar-refractivity contribution in [2.24, 2.45) is 0 Å². The number of hydrogen-bond acceptors (Lipinski definition) is 8. The number of likely N-dealkylation sites (N-methyl/N-ethyl adjacent to an activating group) is 1. The van der Waals surface area contributed by atoms with Gasteiger partial charge in [0.05, 0.1) is 27.7 Å². The highest BCUT2D eigenvalue weighted by atomic mass is 31.2. The zero-order valence-corrected chi connectivity index (χ0v) is 37.3. The summed E-state index contributed by atoms with van der Waals surface area (Å²) in [5, 5.41) is 0. The monoisotopic (exact) mass is 800 g/mol. The van der Waals surface area contributed by atoms with E-state index in [9.17, 15) is 19.0 Å². The van der Waals surface area contributed by atoms with E-state index in [-0.39, 0.29) is 32.0 Å². The van der Waals surface area contributed by atoms with Gasteiger partial charge in [-0.1, -0.05) is 167 Å². The summed E-state index contributed by atoms with van der Waals surface area (Å²) in [4.78, 5) is 37.4. The maximum absolute atomic E-state index is 12.7. The van der Waals surface area contributed by atoms with E-state index in [1.54, 1.807) is 0 Å². The first-order valence-corrected chi connectivity index (χ1v) is 24.0. The molecule has 0 aliphatic rings. The zero-order valence-electron chi connectivity index (χ0n) is 36.4. The van der Waals surface area contributed by atoms with Crippen molar-refractivity contribution in [2.45, 2.75) is 206 Å². The Hall–Kier alpha value is -1.51. The van der Waals surface area contributed by atoms with Crippen LogP contribution in [0.4, 0.5) is 0 Å². The summed E-state index contributed by atoms with van der Waals surface area (Å²) in [7, 11) is 1.17. The van der Waals surface area contributed by atoms with E-state index in [1.807, 2.05) is 21.1 Å². The number of phosphoric acid groups is 1. The van der Waals surface area contributed by atoms with Crippen LogP contribution in [0.15, 0.2) is 24.3 Å². The first-order chi connectivity index (χ1) is 26.5. The number of hydrogen-bond donors (Lipinski definition) is 0. The smallest absolute Gasteiger partial charge is 0.306 e. The van der Waals surface area contributed by atoms with Crippen LogP contribution in [0.1, 0.15) is 200 Å². The van der Waals surface area contributed by atoms with Crippen molar-refractivity contribution < 1.29 is 42.1 Å². The molecule has 0 aromatic carbocycles. The van der Waals surface area contributed by atoms with E-state index < -0.39 is 26.5 Å². The van der Waals surface area contributed by atoms with Crippen LogP contribution in [0.2, 0.25) is 0 Å². The number of carbonyl (C=O) groups is 2. The molecule has 0 N–H and O–H groups in total. The summed E-state index contributed by atoms with van der Waals surface area (Å²) in [5.74, 6) is -0.836. The molecular formula is C45H86NO8P. The quantitative estimate of drug-likeness (QED) is 0.0198. The van der Waals surface area contributed by atoms with Gasteiger partial charge in [-0.25, -0.2) is 0 Å². The van der Waals surface area contributed by atoms with Gasteiger partial charge in [0.15, 0.2) is 6.10 Å². The Kier molecular flexibility index (Phi) is 37.0. The van der Waals surface area contributed by atoms with Gasteiger partial charge in [0.1, 0.15) is 19.8 Å². The van der Waals surface area contributed by atoms with Crippen LogP contribution in [-0.2, 0) is 32.7 Å². The van der Waals surface area contributed by atoms with Crippen LogP contribution in [0.3, 0.4) is 0 Å². The Morgan fingerprint density at radius 3 is 1.44 bits per heavy atom. The minimum Gasteiger partial charge on any atom is -0.756 e. The average Bonchev–Trinajstić information content (AvgIpc) is 3.13. The second kappa shape index (κ2) is 38.0. The van der Waals surface area contributed by atoms with E-state index >= 15 is 0 Å². The van der Waals surface area contributed by atoms with E-state index in [0.717, 1.165) is 44.9 Å². The van der Waals surface area contributed by atoms with Gasteiger partial charge >= 0.3 is 11.9 Å². The molecule has 0 radical (unpaired) electrons. The van der Waals surface area contributed by atoms with Crippen molar-refractivity contribution in [1.29, 1.82) is 0 Å². The molecular weight excluding hydrogens is 713 g/mol. The molecule has 324 valence electrons. The SMILES string of the molecule is CCCCCCC/C=C\C/C=C\CCCCCCCCCCCCCC(=O)OC(COC(=O)CCCCCCCCCC)COP(=O)([O-])OCC[N+](C)(C)C. The molecule has 0 aliphatic carbocycles. The summed E-state index contributed by atoms with van der Waals surface area (Å²) >= 11 is 0. The number of rotatable bonds is 41. The highest BCUT2D eigenvalue weighted by Crippen LogP contribution is 2.38. The molecule has 0 saturated carbocycles. The number of esters is 2. The molecule has 0 aliphatic heterocycles. The highest BCUT2D eigenvalue weighted by Gasteiger charge is 2.21. The first-order valence-electron chi connectivity index (χ1n) is 22.5. The van der Waals surface area contributed by atoms with Crippen molar-refractivity contribution in [3.63, 3.8) is 0 Å². The number of ether oxygens (including phenoxy) is 2. The fraction of sp³-hybridized carbons (Fsp3) is 0.867. The van der Waals surface area contributed by atoms with Gasteiger partial charge in [0.2, 0.25) is 0 Å². The molecule has 2 atom stereocenters. The molecule has 0 aromatic rings. The normalized spacial score (nSPS) is 13.8. The predicted octanol–water partition coefficient (Wildman–Crippen LogP) is 12.1. The maximum Gasteiger partial charge on any atom is 0.306 e. The molecule has 55 heavy (non-hydrogen) atoms. The second-order valence-electron chi connectivity index (χ2n) is 16.4. The number of unbranched alkanes of at least 4 members (excludes halogenated alkanes) is 23. The third-order valence-corrected chi connectivity index (χ3v) is 10.7.